The van der Waals surface area contributed by atoms with Crippen molar-refractivity contribution in [3.05, 3.63) is 35.6 Å². The Morgan fingerprint density at radius 1 is 1.22 bits per heavy atom. The van der Waals surface area contributed by atoms with Crippen molar-refractivity contribution in [2.24, 2.45) is 4.99 Å². The lowest BCUT2D eigenvalue weighted by Crippen LogP contribution is -2.43. The predicted octanol–water partition coefficient (Wildman–Crippen LogP) is 1.26. The van der Waals surface area contributed by atoms with E-state index in [-0.39, 0.29) is 42.2 Å². The van der Waals surface area contributed by atoms with Gasteiger partial charge in [0.2, 0.25) is 5.91 Å². The number of hydrogen-bond donors (Lipinski definition) is 3. The number of rotatable bonds is 8. The summed E-state index contributed by atoms with van der Waals surface area (Å²) in [5.41, 5.74) is 0.892. The number of guanidine groups is 1. The first-order valence-electron chi connectivity index (χ1n) is 7.18. The van der Waals surface area contributed by atoms with Crippen LogP contribution in [0.3, 0.4) is 0 Å². The smallest absolute Gasteiger partial charge is 0.239 e. The lowest BCUT2D eigenvalue weighted by Gasteiger charge is -2.11. The first kappa shape index (κ1) is 21.6. The summed E-state index contributed by atoms with van der Waals surface area (Å²) >= 11 is 0. The monoisotopic (exact) mass is 438 g/mol. The number of nitrogens with one attached hydrogen (secondary N) is 3. The quantitative estimate of drug-likeness (QED) is 0.247. The Morgan fingerprint density at radius 2 is 1.91 bits per heavy atom. The maximum Gasteiger partial charge on any atom is 0.239 e. The highest BCUT2D eigenvalue weighted by Gasteiger charge is 2.03. The first-order chi connectivity index (χ1) is 10.7. The molecule has 0 spiro atoms. The minimum absolute atomic E-state index is 0. The van der Waals surface area contributed by atoms with Gasteiger partial charge in [-0.25, -0.2) is 9.38 Å². The van der Waals surface area contributed by atoms with Crippen molar-refractivity contribution in [2.75, 3.05) is 33.4 Å². The Morgan fingerprint density at radius 3 is 2.52 bits per heavy atom. The first-order valence-corrected chi connectivity index (χ1v) is 7.18. The van der Waals surface area contributed by atoms with Gasteiger partial charge in [0.1, 0.15) is 5.82 Å². The van der Waals surface area contributed by atoms with Gasteiger partial charge in [-0.15, -0.1) is 24.0 Å². The highest BCUT2D eigenvalue weighted by Crippen LogP contribution is 2.03. The number of ether oxygens (including phenoxy) is 1. The van der Waals surface area contributed by atoms with Gasteiger partial charge in [-0.3, -0.25) is 4.79 Å². The van der Waals surface area contributed by atoms with Crippen LogP contribution in [0, 0.1) is 5.82 Å². The summed E-state index contributed by atoms with van der Waals surface area (Å²) in [4.78, 5) is 15.9. The van der Waals surface area contributed by atoms with Crippen LogP contribution in [0.5, 0.6) is 0 Å². The number of carbonyl (C=O) groups is 1. The van der Waals surface area contributed by atoms with E-state index in [9.17, 15) is 9.18 Å². The topological polar surface area (TPSA) is 74.8 Å². The number of halogens is 2. The molecule has 0 atom stereocenters. The third-order valence-electron chi connectivity index (χ3n) is 2.72. The van der Waals surface area contributed by atoms with Gasteiger partial charge in [0.15, 0.2) is 5.96 Å². The van der Waals surface area contributed by atoms with Gasteiger partial charge in [0.25, 0.3) is 0 Å². The summed E-state index contributed by atoms with van der Waals surface area (Å²) in [6.45, 7) is 4.10. The molecule has 130 valence electrons. The van der Waals surface area contributed by atoms with E-state index in [1.54, 1.807) is 19.2 Å². The lowest BCUT2D eigenvalue weighted by atomic mass is 10.2. The number of hydrogen-bond acceptors (Lipinski definition) is 3. The molecule has 1 rings (SSSR count). The van der Waals surface area contributed by atoms with Crippen molar-refractivity contribution in [2.45, 2.75) is 13.5 Å². The second-order valence-corrected chi connectivity index (χ2v) is 4.52. The van der Waals surface area contributed by atoms with E-state index in [0.717, 1.165) is 5.56 Å². The molecule has 1 aromatic carbocycles. The molecule has 0 fully saturated rings. The van der Waals surface area contributed by atoms with Crippen LogP contribution in [0.1, 0.15) is 12.5 Å². The molecule has 23 heavy (non-hydrogen) atoms. The zero-order chi connectivity index (χ0) is 16.2. The Labute approximate surface area is 153 Å². The summed E-state index contributed by atoms with van der Waals surface area (Å²) in [5, 5.41) is 8.70. The molecule has 0 aliphatic carbocycles. The molecule has 0 aromatic heterocycles. The number of nitrogens with zero attached hydrogens (tertiary/aromatic N) is 1. The van der Waals surface area contributed by atoms with Gasteiger partial charge in [0.05, 0.1) is 19.7 Å². The minimum atomic E-state index is -0.273. The van der Waals surface area contributed by atoms with Gasteiger partial charge >= 0.3 is 0 Å². The third kappa shape index (κ3) is 10.1. The Bertz CT molecular complexity index is 483. The van der Waals surface area contributed by atoms with Gasteiger partial charge in [-0.1, -0.05) is 12.1 Å². The predicted molar refractivity (Wildman–Crippen MR) is 99.5 cm³/mol. The highest BCUT2D eigenvalue weighted by atomic mass is 127. The van der Waals surface area contributed by atoms with E-state index in [0.29, 0.717) is 32.2 Å². The Balaban J connectivity index is 0.00000484. The molecular weight excluding hydrogens is 414 g/mol. The molecule has 3 N–H and O–H groups in total. The van der Waals surface area contributed by atoms with Crippen LogP contribution in [0.4, 0.5) is 4.39 Å². The van der Waals surface area contributed by atoms with Crippen molar-refractivity contribution in [1.29, 1.82) is 0 Å². The zero-order valence-electron chi connectivity index (χ0n) is 13.4. The van der Waals surface area contributed by atoms with Crippen molar-refractivity contribution < 1.29 is 13.9 Å². The molecule has 0 saturated carbocycles. The molecule has 0 radical (unpaired) electrons. The van der Waals surface area contributed by atoms with Crippen molar-refractivity contribution in [3.63, 3.8) is 0 Å². The summed E-state index contributed by atoms with van der Waals surface area (Å²) < 4.78 is 17.7. The number of methoxy groups -OCH3 is 1. The van der Waals surface area contributed by atoms with Crippen LogP contribution in [-0.4, -0.2) is 45.2 Å². The minimum Gasteiger partial charge on any atom is -0.383 e. The molecule has 1 amide bonds. The van der Waals surface area contributed by atoms with Crippen molar-refractivity contribution in [3.8, 4) is 0 Å². The summed E-state index contributed by atoms with van der Waals surface area (Å²) in [6.07, 6.45) is 0. The Kier molecular flexibility index (Phi) is 12.3. The van der Waals surface area contributed by atoms with Crippen LogP contribution in [0.2, 0.25) is 0 Å². The van der Waals surface area contributed by atoms with Crippen LogP contribution >= 0.6 is 24.0 Å². The second kappa shape index (κ2) is 13.1. The highest BCUT2D eigenvalue weighted by molar-refractivity contribution is 14.0. The average Bonchev–Trinajstić information content (AvgIpc) is 2.52. The largest absolute Gasteiger partial charge is 0.383 e. The molecule has 1 aromatic rings. The number of amides is 1. The van der Waals surface area contributed by atoms with Crippen molar-refractivity contribution in [1.82, 2.24) is 16.0 Å². The Hall–Kier alpha value is -1.42. The molecule has 0 saturated heterocycles. The molecule has 0 heterocycles. The van der Waals surface area contributed by atoms with Gasteiger partial charge < -0.3 is 20.7 Å². The van der Waals surface area contributed by atoms with Gasteiger partial charge in [-0.2, -0.15) is 0 Å². The number of benzene rings is 1. The normalized spacial score (nSPS) is 10.7. The van der Waals surface area contributed by atoms with E-state index in [1.807, 2.05) is 6.92 Å². The third-order valence-corrected chi connectivity index (χ3v) is 2.72. The molecule has 0 aliphatic rings. The molecule has 8 heteroatoms. The van der Waals surface area contributed by atoms with E-state index >= 15 is 0 Å². The van der Waals surface area contributed by atoms with Crippen LogP contribution in [0.25, 0.3) is 0 Å². The summed E-state index contributed by atoms with van der Waals surface area (Å²) in [6, 6.07) is 6.16. The van der Waals surface area contributed by atoms with Crippen LogP contribution < -0.4 is 16.0 Å². The molecular formula is C15H24FIN4O2. The molecule has 0 aliphatic heterocycles. The molecule has 0 bridgehead atoms. The van der Waals surface area contributed by atoms with E-state index in [4.69, 9.17) is 4.74 Å². The fraction of sp³-hybridized carbons (Fsp3) is 0.467. The van der Waals surface area contributed by atoms with E-state index in [2.05, 4.69) is 20.9 Å². The van der Waals surface area contributed by atoms with Crippen LogP contribution in [0.15, 0.2) is 29.3 Å². The van der Waals surface area contributed by atoms with E-state index < -0.39 is 0 Å². The SMILES string of the molecule is CCNC(=NCc1ccc(F)cc1)NCC(=O)NCCOC.I. The molecule has 0 unspecified atom stereocenters. The average molecular weight is 438 g/mol. The second-order valence-electron chi connectivity index (χ2n) is 4.52. The van der Waals surface area contributed by atoms with Gasteiger partial charge in [0, 0.05) is 20.2 Å². The standard InChI is InChI=1S/C15H23FN4O2.HI/c1-3-17-15(20-11-14(21)18-8-9-22-2)19-10-12-4-6-13(16)7-5-12;/h4-7H,3,8-11H2,1-2H3,(H,18,21)(H2,17,19,20);1H. The van der Waals surface area contributed by atoms with Gasteiger partial charge in [-0.05, 0) is 24.6 Å². The number of carbonyl (C=O) groups excluding carboxylic acids is 1. The lowest BCUT2D eigenvalue weighted by molar-refractivity contribution is -0.120. The molecule has 6 nitrogen and oxygen atoms in total. The zero-order valence-corrected chi connectivity index (χ0v) is 15.7. The fourth-order valence-corrected chi connectivity index (χ4v) is 1.62. The summed E-state index contributed by atoms with van der Waals surface area (Å²) in [7, 11) is 1.58. The fourth-order valence-electron chi connectivity index (χ4n) is 1.62. The van der Waals surface area contributed by atoms with E-state index in [1.165, 1.54) is 12.1 Å². The maximum atomic E-state index is 12.8. The summed E-state index contributed by atoms with van der Waals surface area (Å²) in [5.74, 6) is 0.128. The number of aliphatic imine (C=N–C) groups is 1. The van der Waals surface area contributed by atoms with Crippen LogP contribution in [-0.2, 0) is 16.1 Å². The van der Waals surface area contributed by atoms with Crippen molar-refractivity contribution >= 4 is 35.8 Å². The maximum absolute atomic E-state index is 12.8.